The number of alkyl halides is 3. The fourth-order valence-corrected chi connectivity index (χ4v) is 4.02. The molecule has 1 fully saturated rings. The van der Waals surface area contributed by atoms with Crippen LogP contribution in [0.5, 0.6) is 0 Å². The second kappa shape index (κ2) is 11.1. The van der Waals surface area contributed by atoms with Crippen LogP contribution in [0.3, 0.4) is 0 Å². The highest BCUT2D eigenvalue weighted by Gasteiger charge is 2.39. The molecule has 1 aliphatic heterocycles. The first-order valence-corrected chi connectivity index (χ1v) is 11.9. The van der Waals surface area contributed by atoms with Crippen molar-refractivity contribution in [2.45, 2.75) is 46.2 Å². The number of carbonyl (C=O) groups excluding carboxylic acids is 3. The van der Waals surface area contributed by atoms with Crippen molar-refractivity contribution in [3.05, 3.63) is 47.8 Å². The maximum Gasteiger partial charge on any atom is 0.435 e. The molecule has 2 aromatic rings. The van der Waals surface area contributed by atoms with Gasteiger partial charge in [0, 0.05) is 44.7 Å². The van der Waals surface area contributed by atoms with Crippen LogP contribution < -0.4 is 10.6 Å². The lowest BCUT2D eigenvalue weighted by Crippen LogP contribution is -2.45. The molecular formula is C25H32F3N5O3. The number of nitrogens with one attached hydrogen (secondary N) is 2. The van der Waals surface area contributed by atoms with Crippen LogP contribution in [0, 0.1) is 11.3 Å². The van der Waals surface area contributed by atoms with E-state index in [4.69, 9.17) is 0 Å². The van der Waals surface area contributed by atoms with E-state index in [0.29, 0.717) is 38.0 Å². The minimum atomic E-state index is -4.80. The van der Waals surface area contributed by atoms with Gasteiger partial charge in [0.2, 0.25) is 11.8 Å². The van der Waals surface area contributed by atoms with Gasteiger partial charge in [0.05, 0.1) is 11.3 Å². The fraction of sp³-hybridized carbons (Fsp3) is 0.520. The summed E-state index contributed by atoms with van der Waals surface area (Å²) in [7, 11) is 0. The number of likely N-dealkylation sites (tertiary alicyclic amines) is 1. The van der Waals surface area contributed by atoms with Gasteiger partial charge in [0.1, 0.15) is 0 Å². The van der Waals surface area contributed by atoms with E-state index in [9.17, 15) is 27.6 Å². The van der Waals surface area contributed by atoms with Crippen LogP contribution in [0.15, 0.2) is 36.5 Å². The Morgan fingerprint density at radius 1 is 1.00 bits per heavy atom. The number of piperidine rings is 1. The first-order chi connectivity index (χ1) is 16.8. The minimum absolute atomic E-state index is 0.0404. The Hall–Kier alpha value is -3.37. The zero-order valence-corrected chi connectivity index (χ0v) is 20.7. The number of carbonyl (C=O) groups is 3. The molecule has 0 bridgehead atoms. The van der Waals surface area contributed by atoms with Gasteiger partial charge in [0.25, 0.3) is 5.91 Å². The molecule has 11 heteroatoms. The number of aromatic nitrogens is 2. The number of hydrogen-bond donors (Lipinski definition) is 2. The van der Waals surface area contributed by atoms with E-state index in [0.717, 1.165) is 10.9 Å². The summed E-state index contributed by atoms with van der Waals surface area (Å²) in [4.78, 5) is 39.1. The van der Waals surface area contributed by atoms with Gasteiger partial charge >= 0.3 is 6.18 Å². The molecule has 1 aromatic carbocycles. The lowest BCUT2D eigenvalue weighted by Gasteiger charge is -2.33. The largest absolute Gasteiger partial charge is 0.435 e. The molecule has 2 heterocycles. The highest BCUT2D eigenvalue weighted by Crippen LogP contribution is 2.31. The molecule has 0 aliphatic carbocycles. The van der Waals surface area contributed by atoms with E-state index in [2.05, 4.69) is 15.7 Å². The van der Waals surface area contributed by atoms with Crippen LogP contribution in [-0.2, 0) is 15.8 Å². The number of para-hydroxylation sites is 1. The van der Waals surface area contributed by atoms with Crippen molar-refractivity contribution < 1.29 is 27.6 Å². The van der Waals surface area contributed by atoms with Gasteiger partial charge in [-0.25, -0.2) is 4.68 Å². The highest BCUT2D eigenvalue weighted by molar-refractivity contribution is 5.95. The minimum Gasteiger partial charge on any atom is -0.354 e. The average Bonchev–Trinajstić information content (AvgIpc) is 3.28. The summed E-state index contributed by atoms with van der Waals surface area (Å²) >= 11 is 0. The molecule has 1 aliphatic rings. The van der Waals surface area contributed by atoms with E-state index in [1.165, 1.54) is 0 Å². The number of halogens is 3. The van der Waals surface area contributed by atoms with Crippen LogP contribution in [0.4, 0.5) is 13.2 Å². The second-order valence-electron chi connectivity index (χ2n) is 10.1. The fourth-order valence-electron chi connectivity index (χ4n) is 4.02. The maximum atomic E-state index is 13.5. The zero-order valence-electron chi connectivity index (χ0n) is 20.7. The van der Waals surface area contributed by atoms with E-state index in [1.54, 1.807) is 35.2 Å². The monoisotopic (exact) mass is 507 g/mol. The van der Waals surface area contributed by atoms with Gasteiger partial charge in [-0.3, -0.25) is 14.4 Å². The van der Waals surface area contributed by atoms with Gasteiger partial charge in [-0.15, -0.1) is 0 Å². The number of hydrogen-bond acceptors (Lipinski definition) is 4. The molecule has 36 heavy (non-hydrogen) atoms. The van der Waals surface area contributed by atoms with Crippen molar-refractivity contribution in [3.8, 4) is 5.69 Å². The molecule has 8 nitrogen and oxygen atoms in total. The molecule has 1 aromatic heterocycles. The van der Waals surface area contributed by atoms with E-state index >= 15 is 0 Å². The quantitative estimate of drug-likeness (QED) is 0.562. The number of nitrogens with zero attached hydrogens (tertiary/aromatic N) is 3. The van der Waals surface area contributed by atoms with Crippen molar-refractivity contribution in [1.29, 1.82) is 0 Å². The Balaban J connectivity index is 1.48. The SMILES string of the molecule is CC(C)(C)CC(=O)N1CCC(C(=O)NCCNC(=O)c2cn(-c3ccccc3)nc2C(F)(F)F)CC1. The molecule has 0 spiro atoms. The molecule has 0 saturated carbocycles. The Morgan fingerprint density at radius 2 is 1.61 bits per heavy atom. The first-order valence-electron chi connectivity index (χ1n) is 11.9. The third-order valence-corrected chi connectivity index (χ3v) is 5.86. The van der Waals surface area contributed by atoms with Gasteiger partial charge < -0.3 is 15.5 Å². The summed E-state index contributed by atoms with van der Waals surface area (Å²) in [6.07, 6.45) is -2.22. The molecule has 1 saturated heterocycles. The second-order valence-corrected chi connectivity index (χ2v) is 10.1. The van der Waals surface area contributed by atoms with E-state index in [-0.39, 0.29) is 36.2 Å². The topological polar surface area (TPSA) is 96.3 Å². The van der Waals surface area contributed by atoms with E-state index in [1.807, 2.05) is 20.8 Å². The lowest BCUT2D eigenvalue weighted by atomic mass is 9.90. The lowest BCUT2D eigenvalue weighted by molar-refractivity contribution is -0.141. The van der Waals surface area contributed by atoms with Crippen molar-refractivity contribution in [3.63, 3.8) is 0 Å². The van der Waals surface area contributed by atoms with Gasteiger partial charge in [-0.1, -0.05) is 39.0 Å². The molecular weight excluding hydrogens is 475 g/mol. The van der Waals surface area contributed by atoms with Crippen molar-refractivity contribution >= 4 is 17.7 Å². The summed E-state index contributed by atoms with van der Waals surface area (Å²) in [5, 5.41) is 8.70. The summed E-state index contributed by atoms with van der Waals surface area (Å²) < 4.78 is 41.4. The Morgan fingerprint density at radius 3 is 2.19 bits per heavy atom. The van der Waals surface area contributed by atoms with Crippen LogP contribution in [0.25, 0.3) is 5.69 Å². The van der Waals surface area contributed by atoms with E-state index < -0.39 is 23.3 Å². The zero-order chi connectivity index (χ0) is 26.5. The standard InChI is InChI=1S/C25H32F3N5O3/c1-24(2,3)15-20(34)32-13-9-17(10-14-32)22(35)29-11-12-30-23(36)19-16-33(18-7-5-4-6-8-18)31-21(19)25(26,27)28/h4-8,16-17H,9-15H2,1-3H3,(H,29,35)(H,30,36). The molecule has 0 atom stereocenters. The van der Waals surface area contributed by atoms with Crippen LogP contribution in [0.1, 0.15) is 56.1 Å². The predicted octanol–water partition coefficient (Wildman–Crippen LogP) is 3.41. The number of amides is 3. The predicted molar refractivity (Wildman–Crippen MR) is 127 cm³/mol. The Bertz CT molecular complexity index is 1070. The third-order valence-electron chi connectivity index (χ3n) is 5.86. The van der Waals surface area contributed by atoms with Crippen LogP contribution in [0.2, 0.25) is 0 Å². The molecule has 196 valence electrons. The van der Waals surface area contributed by atoms with Crippen molar-refractivity contribution in [2.75, 3.05) is 26.2 Å². The molecule has 0 unspecified atom stereocenters. The number of benzene rings is 1. The summed E-state index contributed by atoms with van der Waals surface area (Å²) in [5.74, 6) is -1.29. The van der Waals surface area contributed by atoms with Crippen molar-refractivity contribution in [1.82, 2.24) is 25.3 Å². The normalized spacial score (nSPS) is 15.0. The van der Waals surface area contributed by atoms with Crippen molar-refractivity contribution in [2.24, 2.45) is 11.3 Å². The smallest absolute Gasteiger partial charge is 0.354 e. The number of rotatable bonds is 7. The van der Waals surface area contributed by atoms with Crippen LogP contribution >= 0.6 is 0 Å². The summed E-state index contributed by atoms with van der Waals surface area (Å²) in [6, 6.07) is 8.18. The molecule has 3 rings (SSSR count). The molecule has 2 N–H and O–H groups in total. The van der Waals surface area contributed by atoms with Crippen LogP contribution in [-0.4, -0.2) is 58.6 Å². The highest BCUT2D eigenvalue weighted by atomic mass is 19.4. The van der Waals surface area contributed by atoms with Gasteiger partial charge in [-0.2, -0.15) is 18.3 Å². The molecule has 0 radical (unpaired) electrons. The Labute approximate surface area is 208 Å². The molecule has 3 amide bonds. The Kier molecular flexibility index (Phi) is 8.42. The first kappa shape index (κ1) is 27.2. The summed E-state index contributed by atoms with van der Waals surface area (Å²) in [6.45, 7) is 7.06. The summed E-state index contributed by atoms with van der Waals surface area (Å²) in [5.41, 5.74) is -1.58. The van der Waals surface area contributed by atoms with Gasteiger partial charge in [0.15, 0.2) is 5.69 Å². The maximum absolute atomic E-state index is 13.5. The third kappa shape index (κ3) is 7.32. The average molecular weight is 508 g/mol. The van der Waals surface area contributed by atoms with Gasteiger partial charge in [-0.05, 0) is 30.4 Å².